The first-order chi connectivity index (χ1) is 9.86. The van der Waals surface area contributed by atoms with Crippen molar-refractivity contribution in [2.75, 3.05) is 0 Å². The van der Waals surface area contributed by atoms with Crippen LogP contribution in [0.1, 0.15) is 38.4 Å². The molecule has 0 aliphatic rings. The molecule has 0 aliphatic carbocycles. The van der Waals surface area contributed by atoms with Crippen LogP contribution in [0.5, 0.6) is 0 Å². The average molecular weight is 307 g/mol. The Labute approximate surface area is 128 Å². The van der Waals surface area contributed by atoms with E-state index in [1.165, 1.54) is 6.33 Å². The molecular formula is C14H21N5OS. The maximum absolute atomic E-state index is 12.1. The van der Waals surface area contributed by atoms with Crippen LogP contribution in [0.15, 0.2) is 18.0 Å². The third kappa shape index (κ3) is 4.35. The van der Waals surface area contributed by atoms with Crippen LogP contribution in [0.2, 0.25) is 0 Å². The quantitative estimate of drug-likeness (QED) is 0.917. The highest BCUT2D eigenvalue weighted by atomic mass is 32.1. The van der Waals surface area contributed by atoms with E-state index >= 15 is 0 Å². The zero-order chi connectivity index (χ0) is 15.5. The monoisotopic (exact) mass is 307 g/mol. The van der Waals surface area contributed by atoms with Crippen molar-refractivity contribution in [3.63, 3.8) is 0 Å². The maximum atomic E-state index is 12.1. The summed E-state index contributed by atoms with van der Waals surface area (Å²) in [7, 11) is 0. The third-order valence-electron chi connectivity index (χ3n) is 3.11. The number of carbonyl (C=O) groups is 1. The van der Waals surface area contributed by atoms with E-state index in [1.807, 2.05) is 6.92 Å². The summed E-state index contributed by atoms with van der Waals surface area (Å²) >= 11 is 1.58. The number of hydrogen-bond acceptors (Lipinski definition) is 5. The van der Waals surface area contributed by atoms with Crippen LogP contribution in [0.25, 0.3) is 0 Å². The molecular weight excluding hydrogens is 286 g/mol. The first-order valence-electron chi connectivity index (χ1n) is 6.91. The minimum atomic E-state index is -0.159. The minimum Gasteiger partial charge on any atom is -0.349 e. The van der Waals surface area contributed by atoms with Crippen LogP contribution in [0.3, 0.4) is 0 Å². The molecule has 0 saturated carbocycles. The molecule has 114 valence electrons. The van der Waals surface area contributed by atoms with Crippen molar-refractivity contribution in [2.24, 2.45) is 5.92 Å². The molecule has 6 nitrogen and oxygen atoms in total. The van der Waals surface area contributed by atoms with Crippen molar-refractivity contribution in [1.82, 2.24) is 25.1 Å². The number of nitrogens with zero attached hydrogens (tertiary/aromatic N) is 4. The summed E-state index contributed by atoms with van der Waals surface area (Å²) in [4.78, 5) is 20.5. The van der Waals surface area contributed by atoms with Gasteiger partial charge in [0, 0.05) is 10.8 Å². The van der Waals surface area contributed by atoms with Crippen LogP contribution in [-0.4, -0.2) is 25.7 Å². The van der Waals surface area contributed by atoms with E-state index in [9.17, 15) is 4.79 Å². The van der Waals surface area contributed by atoms with E-state index in [-0.39, 0.29) is 17.2 Å². The predicted octanol–water partition coefficient (Wildman–Crippen LogP) is 1.98. The lowest BCUT2D eigenvalue weighted by Crippen LogP contribution is -2.31. The van der Waals surface area contributed by atoms with Crippen molar-refractivity contribution >= 4 is 17.2 Å². The average Bonchev–Trinajstić information content (AvgIpc) is 3.05. The van der Waals surface area contributed by atoms with Gasteiger partial charge in [-0.1, -0.05) is 27.7 Å². The number of nitrogens with one attached hydrogen (secondary N) is 1. The molecule has 0 unspecified atom stereocenters. The number of hydrogen-bond donors (Lipinski definition) is 1. The van der Waals surface area contributed by atoms with Gasteiger partial charge in [0.15, 0.2) is 0 Å². The van der Waals surface area contributed by atoms with Gasteiger partial charge in [-0.05, 0) is 0 Å². The molecule has 2 heterocycles. The summed E-state index contributed by atoms with van der Waals surface area (Å²) in [6.45, 7) is 9.26. The summed E-state index contributed by atoms with van der Waals surface area (Å²) in [6, 6.07) is 0. The van der Waals surface area contributed by atoms with Gasteiger partial charge in [-0.15, -0.1) is 11.3 Å². The Kier molecular flexibility index (Phi) is 4.72. The van der Waals surface area contributed by atoms with Gasteiger partial charge in [0.25, 0.3) is 0 Å². The van der Waals surface area contributed by atoms with Gasteiger partial charge >= 0.3 is 0 Å². The van der Waals surface area contributed by atoms with Crippen LogP contribution < -0.4 is 5.32 Å². The van der Waals surface area contributed by atoms with E-state index in [4.69, 9.17) is 0 Å². The largest absolute Gasteiger partial charge is 0.349 e. The molecule has 21 heavy (non-hydrogen) atoms. The number of carbonyl (C=O) groups excluding carboxylic acids is 1. The predicted molar refractivity (Wildman–Crippen MR) is 81.8 cm³/mol. The number of aromatic nitrogens is 4. The summed E-state index contributed by atoms with van der Waals surface area (Å²) in [6.07, 6.45) is 3.08. The van der Waals surface area contributed by atoms with Crippen LogP contribution >= 0.6 is 11.3 Å². The van der Waals surface area contributed by atoms with Gasteiger partial charge in [0.05, 0.1) is 24.7 Å². The lowest BCUT2D eigenvalue weighted by molar-refractivity contribution is -0.125. The van der Waals surface area contributed by atoms with Gasteiger partial charge < -0.3 is 5.32 Å². The molecule has 2 rings (SSSR count). The molecule has 0 saturated heterocycles. The zero-order valence-electron chi connectivity index (χ0n) is 12.8. The highest BCUT2D eigenvalue weighted by Crippen LogP contribution is 2.23. The second kappa shape index (κ2) is 6.34. The smallest absolute Gasteiger partial charge is 0.225 e. The Hall–Kier alpha value is -1.76. The highest BCUT2D eigenvalue weighted by Gasteiger charge is 2.18. The van der Waals surface area contributed by atoms with Crippen molar-refractivity contribution in [2.45, 2.75) is 46.2 Å². The highest BCUT2D eigenvalue weighted by molar-refractivity contribution is 7.09. The molecule has 7 heteroatoms. The van der Waals surface area contributed by atoms with Crippen molar-refractivity contribution in [3.05, 3.63) is 28.7 Å². The molecule has 2 aromatic rings. The molecule has 0 radical (unpaired) electrons. The Balaban J connectivity index is 1.84. The van der Waals surface area contributed by atoms with E-state index < -0.39 is 0 Å². The summed E-state index contributed by atoms with van der Waals surface area (Å²) in [5.74, 6) is -0.160. The number of thiazole rings is 1. The first-order valence-corrected chi connectivity index (χ1v) is 7.79. The van der Waals surface area contributed by atoms with Gasteiger partial charge in [-0.2, -0.15) is 5.10 Å². The van der Waals surface area contributed by atoms with Gasteiger partial charge in [-0.25, -0.2) is 9.97 Å². The van der Waals surface area contributed by atoms with E-state index in [2.05, 4.69) is 46.5 Å². The topological polar surface area (TPSA) is 72.7 Å². The first kappa shape index (κ1) is 15.6. The van der Waals surface area contributed by atoms with Gasteiger partial charge in [-0.3, -0.25) is 9.48 Å². The summed E-state index contributed by atoms with van der Waals surface area (Å²) < 4.78 is 1.66. The fraction of sp³-hybridized carbons (Fsp3) is 0.571. The third-order valence-corrected chi connectivity index (χ3v) is 3.96. The molecule has 0 bridgehead atoms. The molecule has 1 N–H and O–H groups in total. The van der Waals surface area contributed by atoms with E-state index in [0.29, 0.717) is 13.1 Å². The molecule has 0 spiro atoms. The Bertz CT molecular complexity index is 585. The summed E-state index contributed by atoms with van der Waals surface area (Å²) in [5.41, 5.74) is 1.10. The van der Waals surface area contributed by atoms with Crippen molar-refractivity contribution in [3.8, 4) is 0 Å². The fourth-order valence-electron chi connectivity index (χ4n) is 1.76. The Morgan fingerprint density at radius 1 is 1.48 bits per heavy atom. The van der Waals surface area contributed by atoms with Crippen LogP contribution in [-0.2, 0) is 23.3 Å². The van der Waals surface area contributed by atoms with Crippen molar-refractivity contribution in [1.29, 1.82) is 0 Å². The van der Waals surface area contributed by atoms with Crippen LogP contribution in [0.4, 0.5) is 0 Å². The lowest BCUT2D eigenvalue weighted by Gasteiger charge is -2.14. The fourth-order valence-corrected chi connectivity index (χ4v) is 2.72. The van der Waals surface area contributed by atoms with Gasteiger partial charge in [0.2, 0.25) is 5.91 Å². The van der Waals surface area contributed by atoms with E-state index in [1.54, 1.807) is 22.3 Å². The molecule has 0 aromatic carbocycles. The Morgan fingerprint density at radius 2 is 2.24 bits per heavy atom. The van der Waals surface area contributed by atoms with Crippen molar-refractivity contribution < 1.29 is 4.79 Å². The van der Waals surface area contributed by atoms with E-state index in [0.717, 1.165) is 10.7 Å². The second-order valence-corrected chi connectivity index (χ2v) is 7.06. The summed E-state index contributed by atoms with van der Waals surface area (Å²) in [5, 5.41) is 9.91. The maximum Gasteiger partial charge on any atom is 0.225 e. The molecule has 2 aromatic heterocycles. The minimum absolute atomic E-state index is 0.00184. The lowest BCUT2D eigenvalue weighted by atomic mass is 9.93. The number of amides is 1. The Morgan fingerprint density at radius 3 is 2.81 bits per heavy atom. The molecule has 1 atom stereocenters. The zero-order valence-corrected chi connectivity index (χ0v) is 13.6. The second-order valence-electron chi connectivity index (χ2n) is 6.11. The molecule has 0 aliphatic heterocycles. The van der Waals surface area contributed by atoms with Gasteiger partial charge in [0.1, 0.15) is 17.7 Å². The standard InChI is InChI=1S/C14H21N5OS/c1-10(6-19-9-15-8-17-19)13(20)16-5-12-18-11(7-21-12)14(2,3)4/h7-10H,5-6H2,1-4H3,(H,16,20)/t10-/m0/s1. The molecule has 0 fully saturated rings. The normalized spacial score (nSPS) is 13.1. The molecule has 1 amide bonds. The van der Waals surface area contributed by atoms with Crippen LogP contribution in [0, 0.1) is 5.92 Å². The SMILES string of the molecule is C[C@@H](Cn1cncn1)C(=O)NCc1nc(C(C)(C)C)cs1. The number of rotatable bonds is 5.